The molecule has 0 spiro atoms. The number of benzene rings is 3. The minimum Gasteiger partial charge on any atom is -0.465 e. The van der Waals surface area contributed by atoms with Crippen LogP contribution in [0.15, 0.2) is 97.1 Å². The topological polar surface area (TPSA) is 52.6 Å². The number of rotatable bonds is 10. The van der Waals surface area contributed by atoms with E-state index in [0.717, 1.165) is 24.8 Å². The van der Waals surface area contributed by atoms with Gasteiger partial charge < -0.3 is 9.47 Å². The molecule has 4 heteroatoms. The average Bonchev–Trinajstić information content (AvgIpc) is 2.85. The molecule has 0 fully saturated rings. The minimum atomic E-state index is -0.306. The highest BCUT2D eigenvalue weighted by Gasteiger charge is 2.00. The van der Waals surface area contributed by atoms with Crippen LogP contribution in [0.4, 0.5) is 0 Å². The van der Waals surface area contributed by atoms with Gasteiger partial charge in [0.25, 0.3) is 0 Å². The summed E-state index contributed by atoms with van der Waals surface area (Å²) in [5.74, 6) is -0.400. The Balaban J connectivity index is 0.000000245. The molecule has 3 aromatic rings. The summed E-state index contributed by atoms with van der Waals surface area (Å²) >= 11 is 0. The SMILES string of the molecule is CCCC(=O)OCCc1ccccc1.O=C(/C=C/c1ccccc1)OCCc1ccccc1. The lowest BCUT2D eigenvalue weighted by Crippen LogP contribution is -2.06. The van der Waals surface area contributed by atoms with Crippen LogP contribution in [0.1, 0.15) is 36.5 Å². The Morgan fingerprint density at radius 3 is 1.70 bits per heavy atom. The van der Waals surface area contributed by atoms with Crippen LogP contribution in [0.5, 0.6) is 0 Å². The van der Waals surface area contributed by atoms with Crippen LogP contribution < -0.4 is 0 Å². The molecule has 0 aliphatic heterocycles. The van der Waals surface area contributed by atoms with Crippen molar-refractivity contribution in [2.75, 3.05) is 13.2 Å². The summed E-state index contributed by atoms with van der Waals surface area (Å²) in [5.41, 5.74) is 3.36. The van der Waals surface area contributed by atoms with Crippen molar-refractivity contribution >= 4 is 18.0 Å². The number of hydrogen-bond acceptors (Lipinski definition) is 4. The number of carbonyl (C=O) groups is 2. The quantitative estimate of drug-likeness (QED) is 0.282. The summed E-state index contributed by atoms with van der Waals surface area (Å²) in [5, 5.41) is 0. The van der Waals surface area contributed by atoms with Gasteiger partial charge in [0.2, 0.25) is 0 Å². The van der Waals surface area contributed by atoms with Gasteiger partial charge in [-0.25, -0.2) is 4.79 Å². The van der Waals surface area contributed by atoms with Crippen molar-refractivity contribution in [3.8, 4) is 0 Å². The van der Waals surface area contributed by atoms with E-state index in [0.29, 0.717) is 19.6 Å². The molecule has 0 saturated heterocycles. The fourth-order valence-electron chi connectivity index (χ4n) is 2.89. The maximum Gasteiger partial charge on any atom is 0.330 e. The highest BCUT2D eigenvalue weighted by Crippen LogP contribution is 2.03. The largest absolute Gasteiger partial charge is 0.465 e. The van der Waals surface area contributed by atoms with Gasteiger partial charge in [-0.2, -0.15) is 0 Å². The first-order valence-electron chi connectivity index (χ1n) is 11.3. The zero-order chi connectivity index (χ0) is 23.6. The van der Waals surface area contributed by atoms with Gasteiger partial charge in [-0.1, -0.05) is 97.9 Å². The van der Waals surface area contributed by atoms with E-state index in [4.69, 9.17) is 9.47 Å². The number of ether oxygens (including phenoxy) is 2. The molecule has 3 aromatic carbocycles. The number of esters is 2. The highest BCUT2D eigenvalue weighted by molar-refractivity contribution is 5.87. The van der Waals surface area contributed by atoms with Gasteiger partial charge in [0, 0.05) is 25.3 Å². The first kappa shape index (κ1) is 25.6. The molecule has 3 rings (SSSR count). The molecule has 0 saturated carbocycles. The van der Waals surface area contributed by atoms with Gasteiger partial charge in [-0.15, -0.1) is 0 Å². The Hall–Kier alpha value is -3.66. The molecule has 0 amide bonds. The molecule has 0 N–H and O–H groups in total. The molecule has 0 bridgehead atoms. The fourth-order valence-corrected chi connectivity index (χ4v) is 2.89. The molecular formula is C29H32O4. The minimum absolute atomic E-state index is 0.0940. The van der Waals surface area contributed by atoms with E-state index >= 15 is 0 Å². The second-order valence-electron chi connectivity index (χ2n) is 7.35. The monoisotopic (exact) mass is 444 g/mol. The first-order valence-corrected chi connectivity index (χ1v) is 11.3. The predicted octanol–water partition coefficient (Wildman–Crippen LogP) is 6.06. The maximum absolute atomic E-state index is 11.5. The Morgan fingerprint density at radius 1 is 0.697 bits per heavy atom. The van der Waals surface area contributed by atoms with Crippen molar-refractivity contribution in [2.24, 2.45) is 0 Å². The summed E-state index contributed by atoms with van der Waals surface area (Å²) in [4.78, 5) is 22.5. The predicted molar refractivity (Wildman–Crippen MR) is 133 cm³/mol. The molecule has 0 atom stereocenters. The lowest BCUT2D eigenvalue weighted by Gasteiger charge is -2.03. The van der Waals surface area contributed by atoms with Crippen molar-refractivity contribution < 1.29 is 19.1 Å². The van der Waals surface area contributed by atoms with Crippen molar-refractivity contribution in [2.45, 2.75) is 32.6 Å². The van der Waals surface area contributed by atoms with Crippen molar-refractivity contribution in [3.63, 3.8) is 0 Å². The second-order valence-corrected chi connectivity index (χ2v) is 7.35. The molecule has 33 heavy (non-hydrogen) atoms. The first-order chi connectivity index (χ1) is 16.2. The normalized spacial score (nSPS) is 10.2. The maximum atomic E-state index is 11.5. The van der Waals surface area contributed by atoms with Crippen LogP contribution in [0, 0.1) is 0 Å². The Labute approximate surface area is 196 Å². The van der Waals surface area contributed by atoms with Crippen LogP contribution in [0.25, 0.3) is 6.08 Å². The summed E-state index contributed by atoms with van der Waals surface area (Å²) in [6, 6.07) is 29.7. The summed E-state index contributed by atoms with van der Waals surface area (Å²) in [7, 11) is 0. The zero-order valence-corrected chi connectivity index (χ0v) is 19.2. The van der Waals surface area contributed by atoms with E-state index in [9.17, 15) is 9.59 Å². The number of carbonyl (C=O) groups excluding carboxylic acids is 2. The van der Waals surface area contributed by atoms with E-state index in [1.54, 1.807) is 6.08 Å². The van der Waals surface area contributed by atoms with Gasteiger partial charge >= 0.3 is 11.9 Å². The van der Waals surface area contributed by atoms with Crippen LogP contribution in [-0.4, -0.2) is 25.2 Å². The summed E-state index contributed by atoms with van der Waals surface area (Å²) in [6.45, 7) is 2.86. The second kappa shape index (κ2) is 16.0. The molecule has 0 aliphatic rings. The molecule has 0 radical (unpaired) electrons. The van der Waals surface area contributed by atoms with Gasteiger partial charge in [0.1, 0.15) is 0 Å². The molecule has 0 unspecified atom stereocenters. The molecule has 4 nitrogen and oxygen atoms in total. The van der Waals surface area contributed by atoms with Gasteiger partial charge in [0.15, 0.2) is 0 Å². The van der Waals surface area contributed by atoms with Crippen molar-refractivity contribution in [1.29, 1.82) is 0 Å². The molecule has 0 heterocycles. The van der Waals surface area contributed by atoms with Crippen molar-refractivity contribution in [3.05, 3.63) is 114 Å². The molecule has 172 valence electrons. The zero-order valence-electron chi connectivity index (χ0n) is 19.2. The summed E-state index contributed by atoms with van der Waals surface area (Å²) in [6.07, 6.45) is 6.13. The highest BCUT2D eigenvalue weighted by atomic mass is 16.5. The van der Waals surface area contributed by atoms with E-state index in [2.05, 4.69) is 0 Å². The standard InChI is InChI=1S/C17H16O2.C12H16O2/c18-17(12-11-15-7-3-1-4-8-15)19-14-13-16-9-5-2-6-10-16;1-2-6-12(13)14-10-9-11-7-4-3-5-8-11/h1-12H,13-14H2;3-5,7-8H,2,6,9-10H2,1H3/b12-11+;. The Kier molecular flexibility index (Phi) is 12.4. The van der Waals surface area contributed by atoms with E-state index in [1.165, 1.54) is 17.2 Å². The third-order valence-corrected chi connectivity index (χ3v) is 4.64. The van der Waals surface area contributed by atoms with E-state index < -0.39 is 0 Å². The Morgan fingerprint density at radius 2 is 1.18 bits per heavy atom. The van der Waals surface area contributed by atoms with Gasteiger partial charge in [0.05, 0.1) is 13.2 Å². The van der Waals surface area contributed by atoms with Gasteiger partial charge in [-0.3, -0.25) is 4.79 Å². The lowest BCUT2D eigenvalue weighted by molar-refractivity contribution is -0.143. The van der Waals surface area contributed by atoms with Crippen LogP contribution in [-0.2, 0) is 31.9 Å². The van der Waals surface area contributed by atoms with E-state index in [1.807, 2.05) is 97.9 Å². The van der Waals surface area contributed by atoms with Crippen LogP contribution >= 0.6 is 0 Å². The van der Waals surface area contributed by atoms with Crippen molar-refractivity contribution in [1.82, 2.24) is 0 Å². The lowest BCUT2D eigenvalue weighted by atomic mass is 10.2. The number of hydrogen-bond donors (Lipinski definition) is 0. The summed E-state index contributed by atoms with van der Waals surface area (Å²) < 4.78 is 10.2. The molecule has 0 aromatic heterocycles. The van der Waals surface area contributed by atoms with E-state index in [-0.39, 0.29) is 11.9 Å². The third kappa shape index (κ3) is 12.1. The van der Waals surface area contributed by atoms with Crippen LogP contribution in [0.3, 0.4) is 0 Å². The average molecular weight is 445 g/mol. The van der Waals surface area contributed by atoms with Gasteiger partial charge in [-0.05, 0) is 29.2 Å². The third-order valence-electron chi connectivity index (χ3n) is 4.64. The Bertz CT molecular complexity index is 951. The molecule has 0 aliphatic carbocycles. The fraction of sp³-hybridized carbons (Fsp3) is 0.241. The smallest absolute Gasteiger partial charge is 0.330 e. The molecular weight excluding hydrogens is 412 g/mol. The van der Waals surface area contributed by atoms with Crippen LogP contribution in [0.2, 0.25) is 0 Å².